The van der Waals surface area contributed by atoms with Crippen LogP contribution in [0.25, 0.3) is 0 Å². The SMILES string of the molecule is CCCc1nc(SCC(=O)c2cc(C)n(CCC)c2C)n[nH]1. The van der Waals surface area contributed by atoms with E-state index in [1.165, 1.54) is 11.8 Å². The topological polar surface area (TPSA) is 63.6 Å². The summed E-state index contributed by atoms with van der Waals surface area (Å²) in [5.74, 6) is 1.40. The number of nitrogens with one attached hydrogen (secondary N) is 1. The maximum absolute atomic E-state index is 12.4. The molecule has 6 heteroatoms. The molecule has 5 nitrogen and oxygen atoms in total. The minimum absolute atomic E-state index is 0.141. The van der Waals surface area contributed by atoms with E-state index in [-0.39, 0.29) is 5.78 Å². The van der Waals surface area contributed by atoms with E-state index in [2.05, 4.69) is 40.5 Å². The van der Waals surface area contributed by atoms with Gasteiger partial charge in [0.1, 0.15) is 5.82 Å². The lowest BCUT2D eigenvalue weighted by Gasteiger charge is -2.07. The monoisotopic (exact) mass is 320 g/mol. The molecule has 2 aromatic rings. The molecule has 120 valence electrons. The molecule has 0 amide bonds. The van der Waals surface area contributed by atoms with Gasteiger partial charge in [0, 0.05) is 29.9 Å². The molecule has 0 atom stereocenters. The van der Waals surface area contributed by atoms with Gasteiger partial charge in [-0.05, 0) is 32.8 Å². The van der Waals surface area contributed by atoms with Gasteiger partial charge < -0.3 is 4.57 Å². The predicted molar refractivity (Wildman–Crippen MR) is 89.6 cm³/mol. The lowest BCUT2D eigenvalue weighted by atomic mass is 10.2. The van der Waals surface area contributed by atoms with Crippen LogP contribution >= 0.6 is 11.8 Å². The number of ketones is 1. The number of hydrogen-bond acceptors (Lipinski definition) is 4. The summed E-state index contributed by atoms with van der Waals surface area (Å²) in [6.45, 7) is 9.28. The van der Waals surface area contributed by atoms with Gasteiger partial charge in [0.05, 0.1) is 5.75 Å². The molecule has 0 bridgehead atoms. The lowest BCUT2D eigenvalue weighted by Crippen LogP contribution is -2.06. The molecule has 2 heterocycles. The van der Waals surface area contributed by atoms with Gasteiger partial charge in [-0.3, -0.25) is 9.89 Å². The molecule has 0 unspecified atom stereocenters. The second-order valence-corrected chi connectivity index (χ2v) is 6.41. The normalized spacial score (nSPS) is 11.1. The first kappa shape index (κ1) is 16.8. The largest absolute Gasteiger partial charge is 0.348 e. The number of carbonyl (C=O) groups excluding carboxylic acids is 1. The van der Waals surface area contributed by atoms with Crippen LogP contribution in [0.3, 0.4) is 0 Å². The summed E-state index contributed by atoms with van der Waals surface area (Å²) in [7, 11) is 0. The molecular weight excluding hydrogens is 296 g/mol. The number of hydrogen-bond donors (Lipinski definition) is 1. The Labute approximate surface area is 135 Å². The Hall–Kier alpha value is -1.56. The highest BCUT2D eigenvalue weighted by molar-refractivity contribution is 7.99. The second kappa shape index (κ2) is 7.63. The maximum atomic E-state index is 12.4. The molecule has 0 aliphatic heterocycles. The smallest absolute Gasteiger partial charge is 0.208 e. The Morgan fingerprint density at radius 3 is 2.77 bits per heavy atom. The Morgan fingerprint density at radius 2 is 2.09 bits per heavy atom. The quantitative estimate of drug-likeness (QED) is 0.596. The van der Waals surface area contributed by atoms with Crippen molar-refractivity contribution < 1.29 is 4.79 Å². The van der Waals surface area contributed by atoms with Crippen LogP contribution in [-0.4, -0.2) is 31.3 Å². The second-order valence-electron chi connectivity index (χ2n) is 5.46. The van der Waals surface area contributed by atoms with Gasteiger partial charge in [0.25, 0.3) is 0 Å². The molecule has 2 aromatic heterocycles. The third-order valence-electron chi connectivity index (χ3n) is 3.65. The summed E-state index contributed by atoms with van der Waals surface area (Å²) in [5, 5.41) is 7.71. The Bertz CT molecular complexity index is 645. The van der Waals surface area contributed by atoms with Crippen molar-refractivity contribution in [3.05, 3.63) is 28.8 Å². The van der Waals surface area contributed by atoms with Gasteiger partial charge in [0.2, 0.25) is 5.16 Å². The van der Waals surface area contributed by atoms with Crippen molar-refractivity contribution in [2.24, 2.45) is 0 Å². The first-order chi connectivity index (χ1) is 10.6. The molecule has 0 aliphatic carbocycles. The van der Waals surface area contributed by atoms with Crippen molar-refractivity contribution in [3.8, 4) is 0 Å². The first-order valence-corrected chi connectivity index (χ1v) is 8.79. The van der Waals surface area contributed by atoms with Gasteiger partial charge in [-0.2, -0.15) is 0 Å². The van der Waals surface area contributed by atoms with Crippen LogP contribution in [-0.2, 0) is 13.0 Å². The van der Waals surface area contributed by atoms with Crippen molar-refractivity contribution in [3.63, 3.8) is 0 Å². The summed E-state index contributed by atoms with van der Waals surface area (Å²) in [4.78, 5) is 16.8. The number of aryl methyl sites for hydroxylation is 2. The zero-order chi connectivity index (χ0) is 16.1. The van der Waals surface area contributed by atoms with Crippen molar-refractivity contribution in [1.82, 2.24) is 19.7 Å². The molecule has 22 heavy (non-hydrogen) atoms. The number of aromatic amines is 1. The van der Waals surface area contributed by atoms with E-state index in [9.17, 15) is 4.79 Å². The highest BCUT2D eigenvalue weighted by Gasteiger charge is 2.16. The van der Waals surface area contributed by atoms with Crippen molar-refractivity contribution >= 4 is 17.5 Å². The molecule has 0 aliphatic rings. The average Bonchev–Trinajstić information content (AvgIpc) is 3.05. The zero-order valence-electron chi connectivity index (χ0n) is 13.8. The third-order valence-corrected chi connectivity index (χ3v) is 4.50. The van der Waals surface area contributed by atoms with Gasteiger partial charge in [-0.15, -0.1) is 5.10 Å². The molecule has 0 spiro atoms. The molecule has 2 rings (SSSR count). The number of aromatic nitrogens is 4. The summed E-state index contributed by atoms with van der Waals surface area (Å²) in [6.07, 6.45) is 2.98. The van der Waals surface area contributed by atoms with E-state index in [0.29, 0.717) is 10.9 Å². The van der Waals surface area contributed by atoms with Crippen LogP contribution in [0.2, 0.25) is 0 Å². The molecule has 0 aromatic carbocycles. The molecule has 0 fully saturated rings. The van der Waals surface area contributed by atoms with Gasteiger partial charge in [-0.25, -0.2) is 4.98 Å². The summed E-state index contributed by atoms with van der Waals surface area (Å²) in [5.41, 5.74) is 3.03. The van der Waals surface area contributed by atoms with Crippen LogP contribution in [0, 0.1) is 13.8 Å². The number of nitrogens with zero attached hydrogens (tertiary/aromatic N) is 3. The fourth-order valence-corrected chi connectivity index (χ4v) is 3.25. The molecule has 1 N–H and O–H groups in total. The summed E-state index contributed by atoms with van der Waals surface area (Å²) < 4.78 is 2.21. The van der Waals surface area contributed by atoms with E-state index < -0.39 is 0 Å². The van der Waals surface area contributed by atoms with E-state index >= 15 is 0 Å². The van der Waals surface area contributed by atoms with E-state index in [0.717, 1.165) is 48.6 Å². The van der Waals surface area contributed by atoms with Gasteiger partial charge in [0.15, 0.2) is 5.78 Å². The van der Waals surface area contributed by atoms with E-state index in [1.54, 1.807) is 0 Å². The number of thioether (sulfide) groups is 1. The number of rotatable bonds is 8. The fourth-order valence-electron chi connectivity index (χ4n) is 2.55. The van der Waals surface area contributed by atoms with Crippen LogP contribution in [0.1, 0.15) is 54.3 Å². The number of Topliss-reactive ketones (excluding diaryl/α,β-unsaturated/α-hetero) is 1. The van der Waals surface area contributed by atoms with Crippen LogP contribution in [0.4, 0.5) is 0 Å². The zero-order valence-corrected chi connectivity index (χ0v) is 14.6. The number of H-pyrrole nitrogens is 1. The van der Waals surface area contributed by atoms with Crippen LogP contribution < -0.4 is 0 Å². The summed E-state index contributed by atoms with van der Waals surface area (Å²) >= 11 is 1.39. The standard InChI is InChI=1S/C16H24N4OS/c1-5-7-15-17-16(19-18-15)22-10-14(21)13-9-11(3)20(8-6-2)12(13)4/h9H,5-8,10H2,1-4H3,(H,17,18,19). The summed E-state index contributed by atoms with van der Waals surface area (Å²) in [6, 6.07) is 1.99. The minimum atomic E-state index is 0.141. The Kier molecular flexibility index (Phi) is 5.83. The van der Waals surface area contributed by atoms with Crippen molar-refractivity contribution in [2.75, 3.05) is 5.75 Å². The number of carbonyl (C=O) groups is 1. The maximum Gasteiger partial charge on any atom is 0.208 e. The molecule has 0 saturated carbocycles. The highest BCUT2D eigenvalue weighted by atomic mass is 32.2. The van der Waals surface area contributed by atoms with Crippen LogP contribution in [0.15, 0.2) is 11.2 Å². The van der Waals surface area contributed by atoms with Gasteiger partial charge >= 0.3 is 0 Å². The average molecular weight is 320 g/mol. The van der Waals surface area contributed by atoms with E-state index in [1.807, 2.05) is 13.0 Å². The molecular formula is C16H24N4OS. The van der Waals surface area contributed by atoms with Crippen molar-refractivity contribution in [2.45, 2.75) is 58.7 Å². The lowest BCUT2D eigenvalue weighted by molar-refractivity contribution is 0.102. The predicted octanol–water partition coefficient (Wildman–Crippen LogP) is 3.56. The third kappa shape index (κ3) is 3.80. The fraction of sp³-hybridized carbons (Fsp3) is 0.562. The molecule has 0 saturated heterocycles. The Morgan fingerprint density at radius 1 is 1.32 bits per heavy atom. The highest BCUT2D eigenvalue weighted by Crippen LogP contribution is 2.20. The Balaban J connectivity index is 2.01. The molecule has 0 radical (unpaired) electrons. The minimum Gasteiger partial charge on any atom is -0.348 e. The van der Waals surface area contributed by atoms with Gasteiger partial charge in [-0.1, -0.05) is 25.6 Å². The van der Waals surface area contributed by atoms with Crippen molar-refractivity contribution in [1.29, 1.82) is 0 Å². The van der Waals surface area contributed by atoms with Crippen LogP contribution in [0.5, 0.6) is 0 Å². The first-order valence-electron chi connectivity index (χ1n) is 7.80. The van der Waals surface area contributed by atoms with E-state index in [4.69, 9.17) is 0 Å².